The zero-order chi connectivity index (χ0) is 27.6. The molecule has 0 aromatic heterocycles. The van der Waals surface area contributed by atoms with Gasteiger partial charge in [0.2, 0.25) is 5.96 Å². The van der Waals surface area contributed by atoms with Crippen LogP contribution in [0.2, 0.25) is 0 Å². The van der Waals surface area contributed by atoms with Crippen LogP contribution in [0.3, 0.4) is 0 Å². The molecule has 39 heavy (non-hydrogen) atoms. The molecule has 0 saturated carbocycles. The average molecular weight is 531 g/mol. The van der Waals surface area contributed by atoms with E-state index < -0.39 is 0 Å². The van der Waals surface area contributed by atoms with Crippen molar-refractivity contribution in [1.29, 1.82) is 0 Å². The van der Waals surface area contributed by atoms with Crippen LogP contribution in [0.25, 0.3) is 0 Å². The highest BCUT2D eigenvalue weighted by molar-refractivity contribution is 6.00. The molecule has 10 heteroatoms. The second-order valence-electron chi connectivity index (χ2n) is 10.2. The maximum Gasteiger partial charge on any atom is 0.202 e. The maximum absolute atomic E-state index is 6.17. The van der Waals surface area contributed by atoms with E-state index in [0.29, 0.717) is 43.6 Å². The van der Waals surface area contributed by atoms with Gasteiger partial charge in [-0.1, -0.05) is 60.7 Å². The third-order valence-electron chi connectivity index (χ3n) is 7.05. The zero-order valence-electron chi connectivity index (χ0n) is 23.4. The fourth-order valence-corrected chi connectivity index (χ4v) is 4.25. The summed E-state index contributed by atoms with van der Waals surface area (Å²) in [6, 6.07) is 21.1. The number of nitrogens with zero attached hydrogens (tertiary/aromatic N) is 5. The van der Waals surface area contributed by atoms with Crippen LogP contribution < -0.4 is 27.0 Å². The van der Waals surface area contributed by atoms with Crippen LogP contribution in [0, 0.1) is 0 Å². The van der Waals surface area contributed by atoms with E-state index in [0.717, 1.165) is 12.8 Å². The fraction of sp³-hybridized carbons (Fsp3) is 0.448. The Morgan fingerprint density at radius 2 is 1.31 bits per heavy atom. The van der Waals surface area contributed by atoms with Gasteiger partial charge in [0.25, 0.3) is 0 Å². The molecule has 0 bridgehead atoms. The summed E-state index contributed by atoms with van der Waals surface area (Å²) >= 11 is 0. The highest BCUT2D eigenvalue weighted by atomic mass is 15.4. The van der Waals surface area contributed by atoms with E-state index in [9.17, 15) is 0 Å². The summed E-state index contributed by atoms with van der Waals surface area (Å²) < 4.78 is 0. The number of hydrogen-bond acceptors (Lipinski definition) is 7. The standard InChI is InChI=1S/C29H42N10/c1-20-23(4)36-29(37-26(30)33-20)39(18-16-25-13-9-6-10-14-25)19-32-28-35-22(3)21(2)34-27(38-28)31-17-15-24-11-7-5-8-12-24/h5-14,20-23H,15-19H2,1-4H3,(H3,30,33,36,37)(H3,31,32,34,35,38). The molecule has 208 valence electrons. The molecule has 1 saturated heterocycles. The van der Waals surface area contributed by atoms with Crippen molar-refractivity contribution >= 4 is 23.8 Å². The lowest BCUT2D eigenvalue weighted by Gasteiger charge is -2.25. The second-order valence-corrected chi connectivity index (χ2v) is 10.2. The Balaban J connectivity index is 1.51. The SMILES string of the molecule is CC1N=C(N)NC(N(CCc2ccccc2)CN=C2NC(=NCCc3ccccc3)NC(C)C(C)N2)=NC1C. The molecule has 0 radical (unpaired) electrons. The van der Waals surface area contributed by atoms with Gasteiger partial charge in [-0.25, -0.2) is 15.0 Å². The minimum atomic E-state index is -0.0111. The van der Waals surface area contributed by atoms with Crippen molar-refractivity contribution in [2.45, 2.75) is 64.7 Å². The van der Waals surface area contributed by atoms with Gasteiger partial charge in [-0.05, 0) is 51.7 Å². The summed E-state index contributed by atoms with van der Waals surface area (Å²) in [6.45, 7) is 10.1. The first kappa shape index (κ1) is 27.9. The molecular weight excluding hydrogens is 488 g/mol. The van der Waals surface area contributed by atoms with Crippen molar-refractivity contribution in [2.24, 2.45) is 25.7 Å². The summed E-state index contributed by atoms with van der Waals surface area (Å²) in [5, 5.41) is 13.6. The third-order valence-corrected chi connectivity index (χ3v) is 7.05. The molecular formula is C29H42N10. The number of benzene rings is 2. The van der Waals surface area contributed by atoms with E-state index in [1.54, 1.807) is 0 Å². The average Bonchev–Trinajstić information content (AvgIpc) is 3.14. The Bertz CT molecular complexity index is 1180. The topological polar surface area (TPSA) is 127 Å². The Morgan fingerprint density at radius 1 is 0.744 bits per heavy atom. The van der Waals surface area contributed by atoms with Crippen LogP contribution in [0.4, 0.5) is 0 Å². The molecule has 0 spiro atoms. The Kier molecular flexibility index (Phi) is 9.77. The van der Waals surface area contributed by atoms with E-state index in [1.807, 2.05) is 19.1 Å². The van der Waals surface area contributed by atoms with Crippen molar-refractivity contribution in [1.82, 2.24) is 26.2 Å². The minimum Gasteiger partial charge on any atom is -0.370 e. The molecule has 4 rings (SSSR count). The Hall–Kier alpha value is -4.08. The van der Waals surface area contributed by atoms with Crippen molar-refractivity contribution in [3.05, 3.63) is 71.8 Å². The van der Waals surface area contributed by atoms with Gasteiger partial charge >= 0.3 is 0 Å². The molecule has 4 atom stereocenters. The van der Waals surface area contributed by atoms with Crippen LogP contribution >= 0.6 is 0 Å². The van der Waals surface area contributed by atoms with Crippen molar-refractivity contribution in [2.75, 3.05) is 19.8 Å². The van der Waals surface area contributed by atoms with Crippen LogP contribution in [0.5, 0.6) is 0 Å². The van der Waals surface area contributed by atoms with Gasteiger partial charge in [-0.2, -0.15) is 0 Å². The molecule has 4 unspecified atom stereocenters. The van der Waals surface area contributed by atoms with Crippen LogP contribution in [-0.4, -0.2) is 72.7 Å². The zero-order valence-corrected chi connectivity index (χ0v) is 23.4. The fourth-order valence-electron chi connectivity index (χ4n) is 4.25. The molecule has 2 heterocycles. The third kappa shape index (κ3) is 8.46. The van der Waals surface area contributed by atoms with Gasteiger partial charge in [-0.15, -0.1) is 0 Å². The first-order chi connectivity index (χ1) is 18.9. The minimum absolute atomic E-state index is 0.00875. The van der Waals surface area contributed by atoms with Gasteiger partial charge in [0.15, 0.2) is 17.9 Å². The summed E-state index contributed by atoms with van der Waals surface area (Å²) in [4.78, 5) is 21.3. The van der Waals surface area contributed by atoms with Gasteiger partial charge in [-0.3, -0.25) is 15.6 Å². The first-order valence-electron chi connectivity index (χ1n) is 13.8. The number of rotatable bonds is 8. The first-order valence-corrected chi connectivity index (χ1v) is 13.8. The highest BCUT2D eigenvalue weighted by Crippen LogP contribution is 2.09. The maximum atomic E-state index is 6.17. The normalized spacial score (nSPS) is 25.2. The summed E-state index contributed by atoms with van der Waals surface area (Å²) in [7, 11) is 0. The molecule has 6 N–H and O–H groups in total. The van der Waals surface area contributed by atoms with Crippen LogP contribution in [0.1, 0.15) is 38.8 Å². The number of hydrogen-bond donors (Lipinski definition) is 5. The van der Waals surface area contributed by atoms with Gasteiger partial charge < -0.3 is 21.3 Å². The lowest BCUT2D eigenvalue weighted by atomic mass is 10.1. The molecule has 2 aromatic rings. The van der Waals surface area contributed by atoms with Gasteiger partial charge in [0.1, 0.15) is 6.67 Å². The smallest absolute Gasteiger partial charge is 0.202 e. The molecule has 2 aliphatic heterocycles. The number of nitrogens with two attached hydrogens (primary N) is 1. The summed E-state index contributed by atoms with van der Waals surface area (Å²) in [5.74, 6) is 2.43. The lowest BCUT2D eigenvalue weighted by Crippen LogP contribution is -2.48. The number of nitrogens with one attached hydrogen (secondary N) is 4. The van der Waals surface area contributed by atoms with Gasteiger partial charge in [0.05, 0.1) is 12.1 Å². The van der Waals surface area contributed by atoms with E-state index in [-0.39, 0.29) is 24.2 Å². The quantitative estimate of drug-likeness (QED) is 0.356. The number of aliphatic imine (C=N–C) groups is 4. The van der Waals surface area contributed by atoms with Crippen LogP contribution in [0.15, 0.2) is 80.6 Å². The molecule has 0 amide bonds. The Morgan fingerprint density at radius 3 is 1.95 bits per heavy atom. The molecule has 2 aliphatic rings. The molecule has 10 nitrogen and oxygen atoms in total. The predicted octanol–water partition coefficient (Wildman–Crippen LogP) is 2.05. The molecule has 2 aromatic carbocycles. The summed E-state index contributed by atoms with van der Waals surface area (Å²) in [6.07, 6.45) is 1.71. The second kappa shape index (κ2) is 13.6. The van der Waals surface area contributed by atoms with Crippen LogP contribution in [-0.2, 0) is 12.8 Å². The monoisotopic (exact) mass is 530 g/mol. The molecule has 1 fully saturated rings. The van der Waals surface area contributed by atoms with Crippen molar-refractivity contribution in [3.8, 4) is 0 Å². The lowest BCUT2D eigenvalue weighted by molar-refractivity contribution is 0.420. The Labute approximate surface area is 232 Å². The van der Waals surface area contributed by atoms with Crippen molar-refractivity contribution < 1.29 is 0 Å². The predicted molar refractivity (Wildman–Crippen MR) is 161 cm³/mol. The number of guanidine groups is 4. The van der Waals surface area contributed by atoms with E-state index in [1.165, 1.54) is 11.1 Å². The van der Waals surface area contributed by atoms with Crippen molar-refractivity contribution in [3.63, 3.8) is 0 Å². The van der Waals surface area contributed by atoms with E-state index in [4.69, 9.17) is 20.7 Å². The summed E-state index contributed by atoms with van der Waals surface area (Å²) in [5.41, 5.74) is 8.68. The largest absolute Gasteiger partial charge is 0.370 e. The van der Waals surface area contributed by atoms with Gasteiger partial charge in [0, 0.05) is 25.2 Å². The van der Waals surface area contributed by atoms with E-state index in [2.05, 4.69) is 100 Å². The molecule has 0 aliphatic carbocycles. The highest BCUT2D eigenvalue weighted by Gasteiger charge is 2.23. The van der Waals surface area contributed by atoms with E-state index >= 15 is 0 Å².